The summed E-state index contributed by atoms with van der Waals surface area (Å²) in [5.41, 5.74) is 0.729. The van der Waals surface area contributed by atoms with E-state index in [1.54, 1.807) is 28.2 Å². The predicted octanol–water partition coefficient (Wildman–Crippen LogP) is 3.45. The van der Waals surface area contributed by atoms with Crippen molar-refractivity contribution >= 4 is 23.6 Å². The summed E-state index contributed by atoms with van der Waals surface area (Å²) in [6, 6.07) is 10.9. The number of rotatable bonds is 4. The van der Waals surface area contributed by atoms with Gasteiger partial charge in [0.15, 0.2) is 6.67 Å². The van der Waals surface area contributed by atoms with Crippen LogP contribution in [0.4, 0.5) is 4.39 Å². The third-order valence-electron chi connectivity index (χ3n) is 4.42. The molecule has 4 nitrogen and oxygen atoms in total. The molecule has 0 amide bonds. The lowest BCUT2D eigenvalue weighted by atomic mass is 10.2. The summed E-state index contributed by atoms with van der Waals surface area (Å²) >= 11 is 7.13. The second-order valence-electron chi connectivity index (χ2n) is 5.96. The van der Waals surface area contributed by atoms with Gasteiger partial charge in [-0.2, -0.15) is 4.68 Å². The highest BCUT2D eigenvalue weighted by atomic mass is 32.1. The fraction of sp³-hybridized carbons (Fsp3) is 0.294. The van der Waals surface area contributed by atoms with Gasteiger partial charge >= 0.3 is 0 Å². The lowest BCUT2D eigenvalue weighted by molar-refractivity contribution is -0.941. The summed E-state index contributed by atoms with van der Waals surface area (Å²) in [4.78, 5) is 3.22. The number of quaternary nitrogens is 1. The van der Waals surface area contributed by atoms with E-state index < -0.39 is 0 Å². The number of nitrogens with one attached hydrogen (secondary N) is 1. The van der Waals surface area contributed by atoms with E-state index in [1.165, 1.54) is 34.8 Å². The number of hydrogen-bond acceptors (Lipinski definition) is 4. The van der Waals surface area contributed by atoms with Crippen LogP contribution in [-0.4, -0.2) is 16.3 Å². The first-order chi connectivity index (χ1) is 11.7. The van der Waals surface area contributed by atoms with Crippen molar-refractivity contribution < 1.29 is 13.7 Å². The summed E-state index contributed by atoms with van der Waals surface area (Å²) in [5.74, 6) is 0.156. The second-order valence-corrected chi connectivity index (χ2v) is 7.28. The summed E-state index contributed by atoms with van der Waals surface area (Å²) in [6.45, 7) is 1.79. The second kappa shape index (κ2) is 6.58. The molecule has 124 valence electrons. The number of hydrogen-bond donors (Lipinski definition) is 1. The van der Waals surface area contributed by atoms with Crippen LogP contribution in [0.3, 0.4) is 0 Å². The Hall–Kier alpha value is -1.83. The molecule has 3 aromatic rings. The predicted molar refractivity (Wildman–Crippen MR) is 92.8 cm³/mol. The van der Waals surface area contributed by atoms with E-state index >= 15 is 0 Å². The van der Waals surface area contributed by atoms with Crippen LogP contribution in [-0.2, 0) is 6.67 Å². The first kappa shape index (κ1) is 15.7. The zero-order valence-electron chi connectivity index (χ0n) is 12.9. The first-order valence-electron chi connectivity index (χ1n) is 7.92. The third kappa shape index (κ3) is 3.07. The summed E-state index contributed by atoms with van der Waals surface area (Å²) in [7, 11) is 0. The number of thiophene rings is 1. The minimum atomic E-state index is -0.280. The van der Waals surface area contributed by atoms with Crippen molar-refractivity contribution in [2.24, 2.45) is 0 Å². The monoisotopic (exact) mass is 362 g/mol. The summed E-state index contributed by atoms with van der Waals surface area (Å²) in [6.07, 6.45) is 2.39. The Bertz CT molecular complexity index is 870. The van der Waals surface area contributed by atoms with E-state index in [1.807, 2.05) is 0 Å². The van der Waals surface area contributed by atoms with E-state index in [0.29, 0.717) is 23.4 Å². The number of benzene rings is 1. The SMILES string of the molecule is Fc1ccc(-c2nn(C[NH+]3CCC[C@H]3c3cccs3)c(=S)o2)cc1. The molecule has 2 atom stereocenters. The Balaban J connectivity index is 1.57. The van der Waals surface area contributed by atoms with E-state index in [-0.39, 0.29) is 5.82 Å². The molecule has 1 saturated heterocycles. The highest BCUT2D eigenvalue weighted by Crippen LogP contribution is 2.24. The van der Waals surface area contributed by atoms with Crippen molar-refractivity contribution in [3.63, 3.8) is 0 Å². The molecule has 0 aliphatic carbocycles. The lowest BCUT2D eigenvalue weighted by Crippen LogP contribution is -3.09. The van der Waals surface area contributed by atoms with Crippen molar-refractivity contribution in [3.05, 3.63) is 57.3 Å². The number of nitrogens with zero attached hydrogens (tertiary/aromatic N) is 2. The normalized spacial score (nSPS) is 20.5. The van der Waals surface area contributed by atoms with E-state index in [0.717, 1.165) is 12.1 Å². The molecule has 2 aromatic heterocycles. The number of likely N-dealkylation sites (tertiary alicyclic amines) is 1. The molecule has 0 spiro atoms. The summed E-state index contributed by atoms with van der Waals surface area (Å²) in [5, 5.41) is 6.62. The standard InChI is InChI=1S/C17H16FN3OS2/c18-13-7-5-12(6-8-13)16-19-21(17(23)22-16)11-20-9-1-3-14(20)15-4-2-10-24-15/h2,4-8,10,14H,1,3,9,11H2/p+1/t14-/m0/s1. The van der Waals surface area contributed by atoms with Gasteiger partial charge in [-0.25, -0.2) is 4.39 Å². The van der Waals surface area contributed by atoms with Crippen molar-refractivity contribution in [2.45, 2.75) is 25.6 Å². The number of aromatic nitrogens is 2. The molecule has 7 heteroatoms. The van der Waals surface area contributed by atoms with Gasteiger partial charge in [0.05, 0.1) is 11.4 Å². The van der Waals surface area contributed by atoms with Crippen LogP contribution >= 0.6 is 23.6 Å². The van der Waals surface area contributed by atoms with Crippen molar-refractivity contribution in [1.82, 2.24) is 9.78 Å². The van der Waals surface area contributed by atoms with Crippen LogP contribution in [0.5, 0.6) is 0 Å². The summed E-state index contributed by atoms with van der Waals surface area (Å²) < 4.78 is 20.4. The Labute approximate surface area is 148 Å². The Morgan fingerprint density at radius 2 is 2.17 bits per heavy atom. The minimum Gasteiger partial charge on any atom is -0.409 e. The largest absolute Gasteiger partial charge is 0.409 e. The maximum atomic E-state index is 13.1. The molecular formula is C17H17FN3OS2+. The van der Waals surface area contributed by atoms with Gasteiger partial charge in [-0.1, -0.05) is 6.07 Å². The minimum absolute atomic E-state index is 0.280. The third-order valence-corrected chi connectivity index (χ3v) is 5.70. The Kier molecular flexibility index (Phi) is 4.30. The van der Waals surface area contributed by atoms with Gasteiger partial charge in [-0.15, -0.1) is 16.4 Å². The molecule has 1 aliphatic rings. The maximum Gasteiger partial charge on any atom is 0.292 e. The van der Waals surface area contributed by atoms with Gasteiger partial charge < -0.3 is 9.32 Å². The average molecular weight is 362 g/mol. The maximum absolute atomic E-state index is 13.1. The molecule has 0 saturated carbocycles. The van der Waals surface area contributed by atoms with Crippen molar-refractivity contribution in [2.75, 3.05) is 6.54 Å². The van der Waals surface area contributed by atoms with Crippen molar-refractivity contribution in [3.8, 4) is 11.5 Å². The highest BCUT2D eigenvalue weighted by Gasteiger charge is 2.31. The van der Waals surface area contributed by atoms with E-state index in [4.69, 9.17) is 16.6 Å². The molecule has 1 aromatic carbocycles. The fourth-order valence-corrected chi connectivity index (χ4v) is 4.35. The van der Waals surface area contributed by atoms with E-state index in [2.05, 4.69) is 22.6 Å². The van der Waals surface area contributed by atoms with Gasteiger partial charge in [-0.05, 0) is 47.9 Å². The van der Waals surface area contributed by atoms with Gasteiger partial charge in [-0.3, -0.25) is 0 Å². The topological polar surface area (TPSA) is 35.4 Å². The van der Waals surface area contributed by atoms with Crippen LogP contribution in [0.15, 0.2) is 46.2 Å². The Morgan fingerprint density at radius 1 is 1.33 bits per heavy atom. The van der Waals surface area contributed by atoms with Crippen LogP contribution in [0, 0.1) is 10.7 Å². The zero-order valence-corrected chi connectivity index (χ0v) is 14.6. The zero-order chi connectivity index (χ0) is 16.5. The molecule has 24 heavy (non-hydrogen) atoms. The molecule has 1 N–H and O–H groups in total. The van der Waals surface area contributed by atoms with Gasteiger partial charge in [0.25, 0.3) is 4.84 Å². The molecular weight excluding hydrogens is 345 g/mol. The molecule has 3 heterocycles. The van der Waals surface area contributed by atoms with Crippen LogP contribution in [0.1, 0.15) is 23.8 Å². The quantitative estimate of drug-likeness (QED) is 0.722. The van der Waals surface area contributed by atoms with Gasteiger partial charge in [0.1, 0.15) is 11.9 Å². The molecule has 4 rings (SSSR count). The molecule has 1 unspecified atom stereocenters. The fourth-order valence-electron chi connectivity index (χ4n) is 3.24. The van der Waals surface area contributed by atoms with Gasteiger partial charge in [0, 0.05) is 18.4 Å². The Morgan fingerprint density at radius 3 is 2.92 bits per heavy atom. The van der Waals surface area contributed by atoms with Gasteiger partial charge in [0.2, 0.25) is 5.89 Å². The average Bonchev–Trinajstić information content (AvgIpc) is 3.30. The smallest absolute Gasteiger partial charge is 0.292 e. The molecule has 1 fully saturated rings. The van der Waals surface area contributed by atoms with Crippen molar-refractivity contribution in [1.29, 1.82) is 0 Å². The number of halogens is 1. The lowest BCUT2D eigenvalue weighted by Gasteiger charge is -2.19. The van der Waals surface area contributed by atoms with Crippen LogP contribution in [0.2, 0.25) is 0 Å². The molecule has 0 bridgehead atoms. The highest BCUT2D eigenvalue weighted by molar-refractivity contribution is 7.71. The molecule has 1 aliphatic heterocycles. The molecule has 0 radical (unpaired) electrons. The van der Waals surface area contributed by atoms with Crippen LogP contribution < -0.4 is 4.90 Å². The first-order valence-corrected chi connectivity index (χ1v) is 9.21. The van der Waals surface area contributed by atoms with E-state index in [9.17, 15) is 4.39 Å². The van der Waals surface area contributed by atoms with Crippen LogP contribution in [0.25, 0.3) is 11.5 Å².